The van der Waals surface area contributed by atoms with Crippen molar-refractivity contribution in [2.45, 2.75) is 26.3 Å². The molecule has 1 unspecified atom stereocenters. The maximum atomic E-state index is 6.07. The molecule has 1 aromatic carbocycles. The summed E-state index contributed by atoms with van der Waals surface area (Å²) in [6.45, 7) is 4.95. The van der Waals surface area contributed by atoms with E-state index in [-0.39, 0.29) is 0 Å². The summed E-state index contributed by atoms with van der Waals surface area (Å²) in [5.74, 6) is 2.25. The Hall–Kier alpha value is -1.71. The van der Waals surface area contributed by atoms with E-state index in [1.165, 1.54) is 12.8 Å². The third-order valence-electron chi connectivity index (χ3n) is 3.56. The first-order valence-electron chi connectivity index (χ1n) is 6.87. The molecule has 2 N–H and O–H groups in total. The van der Waals surface area contributed by atoms with E-state index in [1.807, 2.05) is 24.3 Å². The highest BCUT2D eigenvalue weighted by molar-refractivity contribution is 5.78. The molecule has 19 heavy (non-hydrogen) atoms. The Kier molecular flexibility index (Phi) is 4.66. The number of piperidine rings is 1. The molecule has 2 rings (SSSR count). The Balaban J connectivity index is 1.92. The molecule has 4 nitrogen and oxygen atoms in total. The van der Waals surface area contributed by atoms with Crippen molar-refractivity contribution in [3.63, 3.8) is 0 Å². The predicted octanol–water partition coefficient (Wildman–Crippen LogP) is 2.24. The fourth-order valence-electron chi connectivity index (χ4n) is 2.40. The van der Waals surface area contributed by atoms with Crippen LogP contribution in [0.5, 0.6) is 5.75 Å². The molecule has 1 saturated heterocycles. The summed E-state index contributed by atoms with van der Waals surface area (Å²) in [4.78, 5) is 6.68. The normalized spacial score (nSPS) is 20.4. The van der Waals surface area contributed by atoms with Gasteiger partial charge in [0, 0.05) is 13.1 Å². The number of hydrogen-bond donors (Lipinski definition) is 1. The average molecular weight is 261 g/mol. The molecule has 0 aliphatic carbocycles. The Morgan fingerprint density at radius 2 is 2.16 bits per heavy atom. The summed E-state index contributed by atoms with van der Waals surface area (Å²) >= 11 is 0. The van der Waals surface area contributed by atoms with E-state index in [0.29, 0.717) is 18.4 Å². The van der Waals surface area contributed by atoms with Gasteiger partial charge in [-0.3, -0.25) is 0 Å². The fraction of sp³-hybridized carbons (Fsp3) is 0.533. The zero-order valence-electron chi connectivity index (χ0n) is 11.8. The fourth-order valence-corrected chi connectivity index (χ4v) is 2.40. The van der Waals surface area contributed by atoms with Crippen molar-refractivity contribution in [1.82, 2.24) is 4.90 Å². The van der Waals surface area contributed by atoms with Gasteiger partial charge in [-0.15, -0.1) is 0 Å². The molecule has 0 bridgehead atoms. The number of rotatable bonds is 3. The molecule has 0 radical (unpaired) electrons. The molecule has 1 fully saturated rings. The number of likely N-dealkylation sites (tertiary alicyclic amines) is 1. The van der Waals surface area contributed by atoms with Crippen LogP contribution in [0.4, 0.5) is 0 Å². The number of guanidine groups is 1. The smallest absolute Gasteiger partial charge is 0.191 e. The van der Waals surface area contributed by atoms with Gasteiger partial charge in [-0.05, 0) is 36.5 Å². The highest BCUT2D eigenvalue weighted by atomic mass is 16.5. The zero-order valence-corrected chi connectivity index (χ0v) is 11.8. The molecule has 1 aromatic rings. The molecule has 0 saturated carbocycles. The van der Waals surface area contributed by atoms with E-state index in [0.717, 1.165) is 24.4 Å². The van der Waals surface area contributed by atoms with Gasteiger partial charge in [0.1, 0.15) is 5.75 Å². The molecule has 0 spiro atoms. The minimum absolute atomic E-state index is 0.626. The van der Waals surface area contributed by atoms with Crippen molar-refractivity contribution in [3.05, 3.63) is 29.8 Å². The van der Waals surface area contributed by atoms with Crippen LogP contribution in [0.15, 0.2) is 29.3 Å². The Morgan fingerprint density at radius 1 is 1.42 bits per heavy atom. The Morgan fingerprint density at radius 3 is 2.79 bits per heavy atom. The number of hydrogen-bond acceptors (Lipinski definition) is 2. The van der Waals surface area contributed by atoms with Crippen LogP contribution in [0.3, 0.4) is 0 Å². The molecule has 0 aromatic heterocycles. The van der Waals surface area contributed by atoms with Crippen molar-refractivity contribution in [1.29, 1.82) is 0 Å². The predicted molar refractivity (Wildman–Crippen MR) is 78.3 cm³/mol. The first-order valence-corrected chi connectivity index (χ1v) is 6.87. The van der Waals surface area contributed by atoms with Crippen LogP contribution in [0.2, 0.25) is 0 Å². The molecule has 1 aliphatic heterocycles. The van der Waals surface area contributed by atoms with Crippen LogP contribution >= 0.6 is 0 Å². The van der Waals surface area contributed by atoms with E-state index in [4.69, 9.17) is 10.5 Å². The van der Waals surface area contributed by atoms with E-state index < -0.39 is 0 Å². The average Bonchev–Trinajstić information content (AvgIpc) is 2.45. The molecule has 104 valence electrons. The third kappa shape index (κ3) is 3.88. The molecule has 1 aliphatic rings. The van der Waals surface area contributed by atoms with E-state index in [1.54, 1.807) is 7.11 Å². The lowest BCUT2D eigenvalue weighted by Gasteiger charge is -2.31. The first-order chi connectivity index (χ1) is 9.19. The monoisotopic (exact) mass is 261 g/mol. The van der Waals surface area contributed by atoms with Crippen molar-refractivity contribution >= 4 is 5.96 Å². The second kappa shape index (κ2) is 6.45. The van der Waals surface area contributed by atoms with Crippen LogP contribution in [-0.4, -0.2) is 31.1 Å². The van der Waals surface area contributed by atoms with Gasteiger partial charge in [0.2, 0.25) is 0 Å². The minimum Gasteiger partial charge on any atom is -0.497 e. The summed E-state index contributed by atoms with van der Waals surface area (Å²) in [6, 6.07) is 7.94. The third-order valence-corrected chi connectivity index (χ3v) is 3.56. The van der Waals surface area contributed by atoms with Gasteiger partial charge < -0.3 is 15.4 Å². The summed E-state index contributed by atoms with van der Waals surface area (Å²) in [7, 11) is 1.67. The topological polar surface area (TPSA) is 50.9 Å². The number of benzene rings is 1. The number of nitrogens with zero attached hydrogens (tertiary/aromatic N) is 2. The lowest BCUT2D eigenvalue weighted by molar-refractivity contribution is 0.270. The SMILES string of the molecule is COc1ccc(CN=C(N)N2CCCC(C)C2)cc1. The molecule has 0 amide bonds. The molecular formula is C15H23N3O. The van der Waals surface area contributed by atoms with Gasteiger partial charge in [-0.2, -0.15) is 0 Å². The lowest BCUT2D eigenvalue weighted by Crippen LogP contribution is -2.43. The molecule has 1 heterocycles. The van der Waals surface area contributed by atoms with Crippen LogP contribution < -0.4 is 10.5 Å². The maximum absolute atomic E-state index is 6.07. The van der Waals surface area contributed by atoms with Crippen LogP contribution in [0.1, 0.15) is 25.3 Å². The minimum atomic E-state index is 0.626. The first kappa shape index (κ1) is 13.7. The van der Waals surface area contributed by atoms with Crippen LogP contribution in [0, 0.1) is 5.92 Å². The Labute approximate surface area is 115 Å². The van der Waals surface area contributed by atoms with Gasteiger partial charge in [-0.25, -0.2) is 4.99 Å². The van der Waals surface area contributed by atoms with Crippen LogP contribution in [-0.2, 0) is 6.54 Å². The van der Waals surface area contributed by atoms with Crippen molar-refractivity contribution in [3.8, 4) is 5.75 Å². The van der Waals surface area contributed by atoms with Crippen LogP contribution in [0.25, 0.3) is 0 Å². The summed E-state index contributed by atoms with van der Waals surface area (Å²) < 4.78 is 5.13. The molecule has 4 heteroatoms. The lowest BCUT2D eigenvalue weighted by atomic mass is 10.0. The second-order valence-electron chi connectivity index (χ2n) is 5.22. The van der Waals surface area contributed by atoms with Gasteiger partial charge >= 0.3 is 0 Å². The van der Waals surface area contributed by atoms with Gasteiger partial charge in [0.25, 0.3) is 0 Å². The highest BCUT2D eigenvalue weighted by Gasteiger charge is 2.17. The second-order valence-corrected chi connectivity index (χ2v) is 5.22. The van der Waals surface area contributed by atoms with Gasteiger partial charge in [0.05, 0.1) is 13.7 Å². The standard InChI is InChI=1S/C15H23N3O/c1-12-4-3-9-18(11-12)15(16)17-10-13-5-7-14(19-2)8-6-13/h5-8,12H,3-4,9-11H2,1-2H3,(H2,16,17). The number of aliphatic imine (C=N–C) groups is 1. The van der Waals surface area contributed by atoms with Gasteiger partial charge in [-0.1, -0.05) is 19.1 Å². The molecular weight excluding hydrogens is 238 g/mol. The number of nitrogens with two attached hydrogens (primary N) is 1. The highest BCUT2D eigenvalue weighted by Crippen LogP contribution is 2.15. The summed E-state index contributed by atoms with van der Waals surface area (Å²) in [5, 5.41) is 0. The largest absolute Gasteiger partial charge is 0.497 e. The summed E-state index contributed by atoms with van der Waals surface area (Å²) in [6.07, 6.45) is 2.50. The van der Waals surface area contributed by atoms with Crippen molar-refractivity contribution in [2.75, 3.05) is 20.2 Å². The zero-order chi connectivity index (χ0) is 13.7. The quantitative estimate of drug-likeness (QED) is 0.670. The van der Waals surface area contributed by atoms with E-state index >= 15 is 0 Å². The number of ether oxygens (including phenoxy) is 1. The number of methoxy groups -OCH3 is 1. The van der Waals surface area contributed by atoms with E-state index in [2.05, 4.69) is 16.8 Å². The summed E-state index contributed by atoms with van der Waals surface area (Å²) in [5.41, 5.74) is 7.21. The molecule has 1 atom stereocenters. The Bertz CT molecular complexity index is 428. The van der Waals surface area contributed by atoms with Gasteiger partial charge in [0.15, 0.2) is 5.96 Å². The van der Waals surface area contributed by atoms with E-state index in [9.17, 15) is 0 Å². The maximum Gasteiger partial charge on any atom is 0.191 e. The van der Waals surface area contributed by atoms with Crippen molar-refractivity contribution in [2.24, 2.45) is 16.6 Å². The van der Waals surface area contributed by atoms with Crippen molar-refractivity contribution < 1.29 is 4.74 Å².